The monoisotopic (exact) mass is 192 g/mol. The summed E-state index contributed by atoms with van der Waals surface area (Å²) in [6.45, 7) is 2.33. The zero-order valence-corrected chi connectivity index (χ0v) is 8.03. The average molecular weight is 192 g/mol. The van der Waals surface area contributed by atoms with E-state index in [0.717, 1.165) is 6.42 Å². The number of hydrogen-bond donors (Lipinski definition) is 1. The van der Waals surface area contributed by atoms with E-state index in [1.165, 1.54) is 6.07 Å². The topological polar surface area (TPSA) is 66.0 Å². The number of unbranched alkanes of at least 4 members (excludes halogenated alkanes) is 1. The number of hydrogen-bond acceptors (Lipinski definition) is 3. The van der Waals surface area contributed by atoms with Gasteiger partial charge >= 0.3 is 0 Å². The lowest BCUT2D eigenvalue weighted by atomic mass is 10.3. The van der Waals surface area contributed by atoms with Gasteiger partial charge in [-0.25, -0.2) is 0 Å². The fourth-order valence-electron chi connectivity index (χ4n) is 1.23. The van der Waals surface area contributed by atoms with Crippen molar-refractivity contribution in [3.63, 3.8) is 0 Å². The van der Waals surface area contributed by atoms with Crippen LogP contribution >= 0.6 is 0 Å². The highest BCUT2D eigenvalue weighted by Crippen LogP contribution is 2.09. The summed E-state index contributed by atoms with van der Waals surface area (Å²) in [6, 6.07) is 3.37. The van der Waals surface area contributed by atoms with Crippen molar-refractivity contribution in [2.75, 3.05) is 0 Å². The molecule has 0 bridgehead atoms. The Morgan fingerprint density at radius 2 is 2.36 bits per heavy atom. The second kappa shape index (κ2) is 4.47. The maximum Gasteiger partial charge on any atom is 0.223 e. The third kappa shape index (κ3) is 2.13. The molecule has 0 fully saturated rings. The standard InChI is InChI=1S/C10H12N2O2/c1-8-10(14)9(13)4-7-12(8)6-3-2-5-11/h4,7,14H,2-3,6H2,1H3. The molecule has 0 aromatic carbocycles. The fraction of sp³-hybridized carbons (Fsp3) is 0.400. The molecule has 1 N–H and O–H groups in total. The first-order chi connectivity index (χ1) is 6.66. The predicted octanol–water partition coefficient (Wildman–Crippen LogP) is 1.17. The molecule has 14 heavy (non-hydrogen) atoms. The van der Waals surface area contributed by atoms with Crippen molar-refractivity contribution >= 4 is 0 Å². The summed E-state index contributed by atoms with van der Waals surface area (Å²) in [5.41, 5.74) is 0.189. The Hall–Kier alpha value is -1.76. The summed E-state index contributed by atoms with van der Waals surface area (Å²) in [4.78, 5) is 11.0. The van der Waals surface area contributed by atoms with E-state index in [4.69, 9.17) is 5.26 Å². The first-order valence-corrected chi connectivity index (χ1v) is 4.42. The molecule has 0 aliphatic rings. The van der Waals surface area contributed by atoms with Crippen LogP contribution in [0.4, 0.5) is 0 Å². The van der Waals surface area contributed by atoms with Gasteiger partial charge in [-0.1, -0.05) is 0 Å². The van der Waals surface area contributed by atoms with Crippen LogP contribution in [0.1, 0.15) is 18.5 Å². The van der Waals surface area contributed by atoms with Crippen LogP contribution in [0.15, 0.2) is 17.1 Å². The Balaban J connectivity index is 2.85. The molecule has 1 aromatic rings. The normalized spacial score (nSPS) is 9.71. The fourth-order valence-corrected chi connectivity index (χ4v) is 1.23. The van der Waals surface area contributed by atoms with E-state index >= 15 is 0 Å². The van der Waals surface area contributed by atoms with Gasteiger partial charge in [0.1, 0.15) is 0 Å². The van der Waals surface area contributed by atoms with Crippen molar-refractivity contribution in [1.82, 2.24) is 4.57 Å². The molecule has 0 saturated carbocycles. The molecule has 0 spiro atoms. The smallest absolute Gasteiger partial charge is 0.223 e. The molecule has 4 heteroatoms. The van der Waals surface area contributed by atoms with E-state index in [1.54, 1.807) is 17.7 Å². The second-order valence-electron chi connectivity index (χ2n) is 3.07. The third-order valence-corrected chi connectivity index (χ3v) is 2.10. The van der Waals surface area contributed by atoms with Crippen LogP contribution in [0.3, 0.4) is 0 Å². The van der Waals surface area contributed by atoms with Crippen molar-refractivity contribution in [3.05, 3.63) is 28.2 Å². The molecule has 0 amide bonds. The molecule has 1 rings (SSSR count). The SMILES string of the molecule is Cc1c(O)c(=O)ccn1CCCC#N. The lowest BCUT2D eigenvalue weighted by Crippen LogP contribution is -2.09. The molecular weight excluding hydrogens is 180 g/mol. The van der Waals surface area contributed by atoms with Crippen molar-refractivity contribution < 1.29 is 5.11 Å². The number of pyridine rings is 1. The zero-order valence-electron chi connectivity index (χ0n) is 8.03. The van der Waals surface area contributed by atoms with Crippen molar-refractivity contribution in [3.8, 4) is 11.8 Å². The van der Waals surface area contributed by atoms with Gasteiger partial charge in [0, 0.05) is 25.2 Å². The zero-order chi connectivity index (χ0) is 10.6. The molecule has 1 heterocycles. The number of rotatable bonds is 3. The first-order valence-electron chi connectivity index (χ1n) is 4.42. The molecule has 0 aliphatic carbocycles. The summed E-state index contributed by atoms with van der Waals surface area (Å²) in [5, 5.41) is 17.7. The lowest BCUT2D eigenvalue weighted by Gasteiger charge is -2.09. The minimum atomic E-state index is -0.362. The van der Waals surface area contributed by atoms with Gasteiger partial charge in [0.05, 0.1) is 11.8 Å². The molecule has 0 atom stereocenters. The molecule has 1 aromatic heterocycles. The van der Waals surface area contributed by atoms with E-state index < -0.39 is 0 Å². The highest BCUT2D eigenvalue weighted by molar-refractivity contribution is 5.25. The Kier molecular flexibility index (Phi) is 3.29. The predicted molar refractivity (Wildman–Crippen MR) is 52.0 cm³/mol. The second-order valence-corrected chi connectivity index (χ2v) is 3.07. The van der Waals surface area contributed by atoms with Crippen LogP contribution in [-0.2, 0) is 6.54 Å². The third-order valence-electron chi connectivity index (χ3n) is 2.10. The Bertz CT molecular complexity index is 415. The van der Waals surface area contributed by atoms with Crippen LogP contribution in [0.2, 0.25) is 0 Å². The maximum atomic E-state index is 11.0. The van der Waals surface area contributed by atoms with Crippen LogP contribution < -0.4 is 5.43 Å². The molecule has 0 saturated heterocycles. The Labute approximate surface area is 82.0 Å². The van der Waals surface area contributed by atoms with E-state index in [2.05, 4.69) is 0 Å². The van der Waals surface area contributed by atoms with Gasteiger partial charge in [0.15, 0.2) is 5.75 Å². The van der Waals surface area contributed by atoms with E-state index in [-0.39, 0.29) is 11.2 Å². The number of nitrogens with zero attached hydrogens (tertiary/aromatic N) is 2. The van der Waals surface area contributed by atoms with Crippen molar-refractivity contribution in [1.29, 1.82) is 5.26 Å². The van der Waals surface area contributed by atoms with Crippen molar-refractivity contribution in [2.24, 2.45) is 0 Å². The van der Waals surface area contributed by atoms with Gasteiger partial charge in [0.2, 0.25) is 5.43 Å². The summed E-state index contributed by atoms with van der Waals surface area (Å²) < 4.78 is 1.77. The van der Waals surface area contributed by atoms with Crippen LogP contribution in [0, 0.1) is 18.3 Å². The molecule has 0 aliphatic heterocycles. The highest BCUT2D eigenvalue weighted by Gasteiger charge is 2.03. The number of nitriles is 1. The van der Waals surface area contributed by atoms with E-state index in [9.17, 15) is 9.90 Å². The van der Waals surface area contributed by atoms with E-state index in [1.807, 2.05) is 6.07 Å². The van der Waals surface area contributed by atoms with Gasteiger partial charge < -0.3 is 9.67 Å². The highest BCUT2D eigenvalue weighted by atomic mass is 16.3. The minimum Gasteiger partial charge on any atom is -0.503 e. The number of aryl methyl sites for hydroxylation is 1. The quantitative estimate of drug-likeness (QED) is 0.731. The maximum absolute atomic E-state index is 11.0. The van der Waals surface area contributed by atoms with Gasteiger partial charge in [-0.15, -0.1) is 0 Å². The molecule has 0 radical (unpaired) electrons. The number of aromatic nitrogens is 1. The first kappa shape index (κ1) is 10.3. The minimum absolute atomic E-state index is 0.204. The van der Waals surface area contributed by atoms with Crippen LogP contribution in [-0.4, -0.2) is 9.67 Å². The molecule has 74 valence electrons. The molecule has 0 unspecified atom stereocenters. The van der Waals surface area contributed by atoms with Crippen molar-refractivity contribution in [2.45, 2.75) is 26.3 Å². The lowest BCUT2D eigenvalue weighted by molar-refractivity contribution is 0.451. The summed E-state index contributed by atoms with van der Waals surface area (Å²) >= 11 is 0. The van der Waals surface area contributed by atoms with Gasteiger partial charge in [-0.05, 0) is 13.3 Å². The average Bonchev–Trinajstić information content (AvgIpc) is 2.18. The van der Waals surface area contributed by atoms with E-state index in [0.29, 0.717) is 18.7 Å². The molecule has 4 nitrogen and oxygen atoms in total. The van der Waals surface area contributed by atoms with Crippen LogP contribution in [0.25, 0.3) is 0 Å². The number of aromatic hydroxyl groups is 1. The summed E-state index contributed by atoms with van der Waals surface area (Å²) in [5.74, 6) is -0.204. The summed E-state index contributed by atoms with van der Waals surface area (Å²) in [7, 11) is 0. The van der Waals surface area contributed by atoms with Gasteiger partial charge in [0.25, 0.3) is 0 Å². The summed E-state index contributed by atoms with van der Waals surface area (Å²) in [6.07, 6.45) is 2.83. The molecular formula is C10H12N2O2. The van der Waals surface area contributed by atoms with Crippen LogP contribution in [0.5, 0.6) is 5.75 Å². The Morgan fingerprint density at radius 3 is 3.00 bits per heavy atom. The van der Waals surface area contributed by atoms with Gasteiger partial charge in [-0.2, -0.15) is 5.26 Å². The Morgan fingerprint density at radius 1 is 1.64 bits per heavy atom. The van der Waals surface area contributed by atoms with Gasteiger partial charge in [-0.3, -0.25) is 4.79 Å². The largest absolute Gasteiger partial charge is 0.503 e.